The number of carboxylic acid groups (broad SMARTS) is 1. The van der Waals surface area contributed by atoms with Gasteiger partial charge in [0, 0.05) is 18.2 Å². The molecule has 1 aliphatic heterocycles. The molecular formula is C20H22N6O2. The Labute approximate surface area is 162 Å². The number of carbonyl (C=O) groups is 1. The van der Waals surface area contributed by atoms with Crippen LogP contribution in [-0.2, 0) is 0 Å². The largest absolute Gasteiger partial charge is 0.478 e. The molecule has 0 aliphatic carbocycles. The first kappa shape index (κ1) is 18.0. The highest BCUT2D eigenvalue weighted by atomic mass is 16.4. The Morgan fingerprint density at radius 1 is 1.21 bits per heavy atom. The number of carboxylic acids is 1. The van der Waals surface area contributed by atoms with Crippen LogP contribution in [0.25, 0.3) is 22.3 Å². The molecule has 1 aliphatic rings. The second-order valence-electron chi connectivity index (χ2n) is 7.04. The number of nitrogen functional groups attached to an aromatic ring is 2. The van der Waals surface area contributed by atoms with E-state index < -0.39 is 5.97 Å². The van der Waals surface area contributed by atoms with Crippen molar-refractivity contribution in [2.75, 3.05) is 22.6 Å². The molecular weight excluding hydrogens is 356 g/mol. The van der Waals surface area contributed by atoms with E-state index in [4.69, 9.17) is 21.5 Å². The zero-order chi connectivity index (χ0) is 19.8. The average molecular weight is 378 g/mol. The lowest BCUT2D eigenvalue weighted by atomic mass is 10.1. The smallest absolute Gasteiger partial charge is 0.335 e. The number of nitrogens with zero attached hydrogens (tertiary/aromatic N) is 3. The molecule has 144 valence electrons. The van der Waals surface area contributed by atoms with Gasteiger partial charge in [-0.2, -0.15) is 0 Å². The molecule has 1 fully saturated rings. The number of anilines is 3. The lowest BCUT2D eigenvalue weighted by Gasteiger charge is -2.25. The van der Waals surface area contributed by atoms with Gasteiger partial charge in [-0.1, -0.05) is 6.07 Å². The van der Waals surface area contributed by atoms with Gasteiger partial charge in [-0.05, 0) is 50.1 Å². The van der Waals surface area contributed by atoms with Crippen LogP contribution >= 0.6 is 0 Å². The summed E-state index contributed by atoms with van der Waals surface area (Å²) in [5.74, 6) is 5.24. The Morgan fingerprint density at radius 3 is 2.68 bits per heavy atom. The zero-order valence-electron chi connectivity index (χ0n) is 15.5. The number of nitrogens with one attached hydrogen (secondary N) is 1. The van der Waals surface area contributed by atoms with E-state index in [-0.39, 0.29) is 5.56 Å². The predicted molar refractivity (Wildman–Crippen MR) is 110 cm³/mol. The van der Waals surface area contributed by atoms with Gasteiger partial charge in [0.15, 0.2) is 5.82 Å². The van der Waals surface area contributed by atoms with Crippen LogP contribution in [0.15, 0.2) is 36.4 Å². The molecule has 1 saturated heterocycles. The lowest BCUT2D eigenvalue weighted by Crippen LogP contribution is -2.28. The number of aromatic carboxylic acids is 1. The van der Waals surface area contributed by atoms with Crippen LogP contribution in [-0.4, -0.2) is 33.6 Å². The fourth-order valence-electron chi connectivity index (χ4n) is 3.66. The third kappa shape index (κ3) is 3.07. The number of hydrazine groups is 1. The van der Waals surface area contributed by atoms with E-state index >= 15 is 0 Å². The van der Waals surface area contributed by atoms with E-state index in [0.717, 1.165) is 36.5 Å². The first-order valence-corrected chi connectivity index (χ1v) is 9.16. The Hall–Kier alpha value is -3.39. The first-order chi connectivity index (χ1) is 13.5. The van der Waals surface area contributed by atoms with Crippen LogP contribution in [0, 0.1) is 0 Å². The number of fused-ring (bicyclic) bond motifs is 1. The van der Waals surface area contributed by atoms with Crippen molar-refractivity contribution in [2.45, 2.75) is 25.8 Å². The van der Waals surface area contributed by atoms with Gasteiger partial charge in [0.25, 0.3) is 0 Å². The Morgan fingerprint density at radius 2 is 2.04 bits per heavy atom. The molecule has 0 saturated carbocycles. The van der Waals surface area contributed by atoms with Crippen molar-refractivity contribution >= 4 is 34.2 Å². The third-order valence-electron chi connectivity index (χ3n) is 5.20. The molecule has 2 heterocycles. The van der Waals surface area contributed by atoms with Crippen molar-refractivity contribution in [1.29, 1.82) is 0 Å². The molecule has 8 nitrogen and oxygen atoms in total. The van der Waals surface area contributed by atoms with E-state index in [2.05, 4.69) is 17.2 Å². The topological polar surface area (TPSA) is 130 Å². The minimum Gasteiger partial charge on any atom is -0.478 e. The van der Waals surface area contributed by atoms with Crippen molar-refractivity contribution in [3.8, 4) is 11.3 Å². The van der Waals surface area contributed by atoms with Gasteiger partial charge in [-0.25, -0.2) is 14.8 Å². The molecule has 8 heteroatoms. The second kappa shape index (κ2) is 6.97. The quantitative estimate of drug-likeness (QED) is 0.310. The van der Waals surface area contributed by atoms with Gasteiger partial charge in [-0.3, -0.25) is 5.84 Å². The van der Waals surface area contributed by atoms with E-state index in [0.29, 0.717) is 28.5 Å². The van der Waals surface area contributed by atoms with Gasteiger partial charge in [0.05, 0.1) is 28.0 Å². The normalized spacial score (nSPS) is 16.5. The second-order valence-corrected chi connectivity index (χ2v) is 7.04. The fraction of sp³-hybridized carbons (Fsp3) is 0.250. The van der Waals surface area contributed by atoms with Gasteiger partial charge in [-0.15, -0.1) is 0 Å². The molecule has 28 heavy (non-hydrogen) atoms. The van der Waals surface area contributed by atoms with E-state index in [1.54, 1.807) is 18.2 Å². The number of hydrogen-bond acceptors (Lipinski definition) is 7. The van der Waals surface area contributed by atoms with Crippen LogP contribution < -0.4 is 21.9 Å². The fourth-order valence-corrected chi connectivity index (χ4v) is 3.66. The molecule has 0 spiro atoms. The summed E-state index contributed by atoms with van der Waals surface area (Å²) in [4.78, 5) is 23.2. The molecule has 4 rings (SSSR count). The van der Waals surface area contributed by atoms with E-state index in [1.165, 1.54) is 6.07 Å². The molecule has 0 bridgehead atoms. The standard InChI is InChI=1S/C20H22N6O2/c1-11-3-2-8-26(11)19-18(12-4-6-15(25-22)14(21)9-12)23-16-7-5-13(20(27)28)10-17(16)24-19/h4-7,9-11,25H,2-3,8,21-22H2,1H3,(H,27,28)/t11-/m0/s1. The molecule has 1 atom stereocenters. The zero-order valence-corrected chi connectivity index (χ0v) is 15.5. The highest BCUT2D eigenvalue weighted by molar-refractivity contribution is 5.93. The Bertz CT molecular complexity index is 1070. The molecule has 6 N–H and O–H groups in total. The summed E-state index contributed by atoms with van der Waals surface area (Å²) in [5.41, 5.74) is 12.8. The molecule has 0 unspecified atom stereocenters. The van der Waals surface area contributed by atoms with E-state index in [9.17, 15) is 9.90 Å². The first-order valence-electron chi connectivity index (χ1n) is 9.16. The molecule has 0 amide bonds. The third-order valence-corrected chi connectivity index (χ3v) is 5.20. The monoisotopic (exact) mass is 378 g/mol. The number of rotatable bonds is 4. The van der Waals surface area contributed by atoms with E-state index in [1.807, 2.05) is 12.1 Å². The Kier molecular flexibility index (Phi) is 4.48. The highest BCUT2D eigenvalue weighted by Crippen LogP contribution is 2.35. The number of benzene rings is 2. The van der Waals surface area contributed by atoms with Gasteiger partial charge in [0.1, 0.15) is 5.69 Å². The molecule has 3 aromatic rings. The van der Waals surface area contributed by atoms with Gasteiger partial charge < -0.3 is 21.2 Å². The summed E-state index contributed by atoms with van der Waals surface area (Å²) in [5, 5.41) is 9.29. The summed E-state index contributed by atoms with van der Waals surface area (Å²) >= 11 is 0. The predicted octanol–water partition coefficient (Wildman–Crippen LogP) is 2.85. The van der Waals surface area contributed by atoms with Crippen LogP contribution in [0.3, 0.4) is 0 Å². The summed E-state index contributed by atoms with van der Waals surface area (Å²) in [6.07, 6.45) is 2.15. The van der Waals surface area contributed by atoms with Crippen LogP contribution in [0.5, 0.6) is 0 Å². The van der Waals surface area contributed by atoms with Crippen molar-refractivity contribution < 1.29 is 9.90 Å². The summed E-state index contributed by atoms with van der Waals surface area (Å²) in [6.45, 7) is 3.04. The summed E-state index contributed by atoms with van der Waals surface area (Å²) < 4.78 is 0. The number of nitrogens with two attached hydrogens (primary N) is 2. The van der Waals surface area contributed by atoms with Crippen molar-refractivity contribution in [2.24, 2.45) is 5.84 Å². The number of hydrogen-bond donors (Lipinski definition) is 4. The summed E-state index contributed by atoms with van der Waals surface area (Å²) in [7, 11) is 0. The SMILES string of the molecule is C[C@H]1CCCN1c1nc2cc(C(=O)O)ccc2nc1-c1ccc(NN)c(N)c1. The molecule has 0 radical (unpaired) electrons. The van der Waals surface area contributed by atoms with Gasteiger partial charge in [0.2, 0.25) is 0 Å². The van der Waals surface area contributed by atoms with Crippen LogP contribution in [0.4, 0.5) is 17.2 Å². The maximum Gasteiger partial charge on any atom is 0.335 e. The Balaban J connectivity index is 1.93. The minimum absolute atomic E-state index is 0.192. The summed E-state index contributed by atoms with van der Waals surface area (Å²) in [6, 6.07) is 10.6. The van der Waals surface area contributed by atoms with Crippen molar-refractivity contribution in [3.63, 3.8) is 0 Å². The maximum atomic E-state index is 11.3. The van der Waals surface area contributed by atoms with Crippen molar-refractivity contribution in [3.05, 3.63) is 42.0 Å². The number of aromatic nitrogens is 2. The van der Waals surface area contributed by atoms with Crippen molar-refractivity contribution in [1.82, 2.24) is 9.97 Å². The lowest BCUT2D eigenvalue weighted by molar-refractivity contribution is 0.0697. The van der Waals surface area contributed by atoms with Gasteiger partial charge >= 0.3 is 5.97 Å². The average Bonchev–Trinajstić information content (AvgIpc) is 3.12. The maximum absolute atomic E-state index is 11.3. The highest BCUT2D eigenvalue weighted by Gasteiger charge is 2.26. The molecule has 2 aromatic carbocycles. The molecule has 1 aromatic heterocycles. The minimum atomic E-state index is -0.985. The van der Waals surface area contributed by atoms with Crippen LogP contribution in [0.1, 0.15) is 30.1 Å². The van der Waals surface area contributed by atoms with Crippen LogP contribution in [0.2, 0.25) is 0 Å².